The van der Waals surface area contributed by atoms with E-state index in [9.17, 15) is 4.79 Å². The summed E-state index contributed by atoms with van der Waals surface area (Å²) < 4.78 is 5.28. The van der Waals surface area contributed by atoms with Gasteiger partial charge in [0.05, 0.1) is 13.7 Å². The van der Waals surface area contributed by atoms with E-state index >= 15 is 0 Å². The van der Waals surface area contributed by atoms with Crippen LogP contribution in [0.5, 0.6) is 5.75 Å². The summed E-state index contributed by atoms with van der Waals surface area (Å²) in [5.74, 6) is -2.82. The van der Waals surface area contributed by atoms with Crippen molar-refractivity contribution in [2.75, 3.05) is 33.3 Å². The number of aliphatic carboxylic acids is 2. The molecule has 28 heavy (non-hydrogen) atoms. The summed E-state index contributed by atoms with van der Waals surface area (Å²) in [4.78, 5) is 32.6. The molecule has 0 bridgehead atoms. The molecule has 1 unspecified atom stereocenters. The smallest absolute Gasteiger partial charge is 0.414 e. The minimum absolute atomic E-state index is 0.0203. The Labute approximate surface area is 164 Å². The number of ether oxygens (including phenoxy) is 1. The van der Waals surface area contributed by atoms with Crippen LogP contribution in [0.2, 0.25) is 0 Å². The number of carboxylic acids is 2. The molecule has 1 heterocycles. The third-order valence-electron chi connectivity index (χ3n) is 4.42. The molecule has 1 amide bonds. The fourth-order valence-corrected chi connectivity index (χ4v) is 3.00. The average Bonchev–Trinajstić information content (AvgIpc) is 3.14. The van der Waals surface area contributed by atoms with Gasteiger partial charge in [-0.2, -0.15) is 0 Å². The number of carbonyl (C=O) groups is 3. The molecule has 0 aromatic heterocycles. The molecule has 0 aliphatic carbocycles. The maximum atomic E-state index is 11.9. The third kappa shape index (κ3) is 8.36. The number of rotatable bonds is 8. The Morgan fingerprint density at radius 1 is 1.21 bits per heavy atom. The summed E-state index contributed by atoms with van der Waals surface area (Å²) in [6, 6.07) is 8.31. The van der Waals surface area contributed by atoms with Crippen LogP contribution in [0.15, 0.2) is 24.3 Å². The summed E-state index contributed by atoms with van der Waals surface area (Å²) in [7, 11) is 1.64. The van der Waals surface area contributed by atoms with Crippen LogP contribution in [0.1, 0.15) is 25.3 Å². The third-order valence-corrected chi connectivity index (χ3v) is 4.42. The van der Waals surface area contributed by atoms with Gasteiger partial charge in [-0.1, -0.05) is 25.1 Å². The lowest BCUT2D eigenvalue weighted by atomic mass is 10.2. The highest BCUT2D eigenvalue weighted by Crippen LogP contribution is 2.17. The number of amides is 1. The van der Waals surface area contributed by atoms with Crippen LogP contribution in [-0.2, 0) is 20.9 Å². The second-order valence-corrected chi connectivity index (χ2v) is 6.25. The normalized spacial score (nSPS) is 16.0. The largest absolute Gasteiger partial charge is 0.496 e. The van der Waals surface area contributed by atoms with Crippen molar-refractivity contribution in [2.24, 2.45) is 0 Å². The molecule has 156 valence electrons. The fraction of sp³-hybridized carbons (Fsp3) is 0.526. The minimum Gasteiger partial charge on any atom is -0.496 e. The SMILES string of the molecule is CCN1CCCC1CNCC(=O)NCc1ccccc1OC.O=C(O)C(=O)O. The van der Waals surface area contributed by atoms with E-state index < -0.39 is 11.9 Å². The zero-order valence-corrected chi connectivity index (χ0v) is 16.3. The number of likely N-dealkylation sites (N-methyl/N-ethyl adjacent to an activating group) is 1. The van der Waals surface area contributed by atoms with E-state index in [1.165, 1.54) is 19.4 Å². The Hall–Kier alpha value is -2.65. The van der Waals surface area contributed by atoms with Crippen molar-refractivity contribution < 1.29 is 29.3 Å². The molecule has 1 fully saturated rings. The van der Waals surface area contributed by atoms with Gasteiger partial charge in [-0.25, -0.2) is 9.59 Å². The van der Waals surface area contributed by atoms with Crippen molar-refractivity contribution in [3.8, 4) is 5.75 Å². The lowest BCUT2D eigenvalue weighted by Crippen LogP contribution is -2.41. The molecule has 0 saturated carbocycles. The molecule has 1 aromatic carbocycles. The van der Waals surface area contributed by atoms with Gasteiger partial charge in [0, 0.05) is 24.7 Å². The summed E-state index contributed by atoms with van der Waals surface area (Å²) >= 11 is 0. The average molecular weight is 395 g/mol. The molecule has 9 nitrogen and oxygen atoms in total. The van der Waals surface area contributed by atoms with Crippen molar-refractivity contribution >= 4 is 17.8 Å². The van der Waals surface area contributed by atoms with Gasteiger partial charge in [0.15, 0.2) is 0 Å². The molecular weight excluding hydrogens is 366 g/mol. The van der Waals surface area contributed by atoms with Crippen molar-refractivity contribution in [3.05, 3.63) is 29.8 Å². The number of likely N-dealkylation sites (tertiary alicyclic amines) is 1. The number of hydrogen-bond acceptors (Lipinski definition) is 6. The number of hydrogen-bond donors (Lipinski definition) is 4. The Morgan fingerprint density at radius 3 is 2.50 bits per heavy atom. The Balaban J connectivity index is 0.000000568. The summed E-state index contributed by atoms with van der Waals surface area (Å²) in [5, 5.41) is 21.0. The number of carboxylic acid groups (broad SMARTS) is 2. The molecule has 1 aromatic rings. The molecule has 1 atom stereocenters. The van der Waals surface area contributed by atoms with E-state index in [1.807, 2.05) is 24.3 Å². The molecule has 9 heteroatoms. The van der Waals surface area contributed by atoms with Gasteiger partial charge in [0.25, 0.3) is 0 Å². The highest BCUT2D eigenvalue weighted by molar-refractivity contribution is 6.27. The molecule has 1 aliphatic heterocycles. The van der Waals surface area contributed by atoms with Crippen molar-refractivity contribution in [3.63, 3.8) is 0 Å². The van der Waals surface area contributed by atoms with Crippen LogP contribution < -0.4 is 15.4 Å². The van der Waals surface area contributed by atoms with Crippen molar-refractivity contribution in [2.45, 2.75) is 32.4 Å². The number of benzene rings is 1. The van der Waals surface area contributed by atoms with Gasteiger partial charge in [0.1, 0.15) is 5.75 Å². The zero-order chi connectivity index (χ0) is 20.9. The van der Waals surface area contributed by atoms with Gasteiger partial charge in [-0.05, 0) is 32.0 Å². The lowest BCUT2D eigenvalue weighted by molar-refractivity contribution is -0.159. The molecule has 2 rings (SSSR count). The molecular formula is C19H29N3O6. The van der Waals surface area contributed by atoms with Gasteiger partial charge in [-0.15, -0.1) is 0 Å². The van der Waals surface area contributed by atoms with Crippen LogP contribution in [0, 0.1) is 0 Å². The van der Waals surface area contributed by atoms with E-state index in [0.717, 1.165) is 24.4 Å². The van der Waals surface area contributed by atoms with Crippen LogP contribution in [0.25, 0.3) is 0 Å². The number of para-hydroxylation sites is 1. The first-order valence-corrected chi connectivity index (χ1v) is 9.18. The Bertz CT molecular complexity index is 640. The van der Waals surface area contributed by atoms with Crippen LogP contribution in [-0.4, -0.2) is 72.3 Å². The number of carbonyl (C=O) groups excluding carboxylic acids is 1. The maximum absolute atomic E-state index is 11.9. The molecule has 0 radical (unpaired) electrons. The van der Waals surface area contributed by atoms with Crippen molar-refractivity contribution in [1.82, 2.24) is 15.5 Å². The Morgan fingerprint density at radius 2 is 1.89 bits per heavy atom. The van der Waals surface area contributed by atoms with Gasteiger partial charge < -0.3 is 25.6 Å². The highest BCUT2D eigenvalue weighted by Gasteiger charge is 2.22. The fourth-order valence-electron chi connectivity index (χ4n) is 3.00. The second-order valence-electron chi connectivity index (χ2n) is 6.25. The van der Waals surface area contributed by atoms with Crippen LogP contribution in [0.4, 0.5) is 0 Å². The van der Waals surface area contributed by atoms with Crippen LogP contribution >= 0.6 is 0 Å². The summed E-state index contributed by atoms with van der Waals surface area (Å²) in [6.07, 6.45) is 2.49. The Kier molecular flexibility index (Phi) is 10.6. The van der Waals surface area contributed by atoms with Crippen molar-refractivity contribution in [1.29, 1.82) is 0 Å². The molecule has 0 spiro atoms. The molecule has 1 saturated heterocycles. The number of nitrogens with zero attached hydrogens (tertiary/aromatic N) is 1. The number of methoxy groups -OCH3 is 1. The first-order valence-electron chi connectivity index (χ1n) is 9.18. The van der Waals surface area contributed by atoms with Gasteiger partial charge >= 0.3 is 11.9 Å². The number of nitrogens with one attached hydrogen (secondary N) is 2. The quantitative estimate of drug-likeness (QED) is 0.470. The first-order chi connectivity index (χ1) is 13.4. The topological polar surface area (TPSA) is 128 Å². The highest BCUT2D eigenvalue weighted by atomic mass is 16.5. The zero-order valence-electron chi connectivity index (χ0n) is 16.3. The predicted octanol–water partition coefficient (Wildman–Crippen LogP) is 0.541. The predicted molar refractivity (Wildman–Crippen MR) is 103 cm³/mol. The van der Waals surface area contributed by atoms with E-state index in [4.69, 9.17) is 24.5 Å². The molecule has 1 aliphatic rings. The second kappa shape index (κ2) is 12.7. The summed E-state index contributed by atoms with van der Waals surface area (Å²) in [5.41, 5.74) is 0.992. The van der Waals surface area contributed by atoms with Gasteiger partial charge in [-0.3, -0.25) is 9.69 Å². The van der Waals surface area contributed by atoms with Crippen LogP contribution in [0.3, 0.4) is 0 Å². The minimum atomic E-state index is -1.82. The van der Waals surface area contributed by atoms with E-state index in [1.54, 1.807) is 7.11 Å². The monoisotopic (exact) mass is 395 g/mol. The van der Waals surface area contributed by atoms with E-state index in [2.05, 4.69) is 22.5 Å². The standard InChI is InChI=1S/C17H27N3O2.C2H2O4/c1-3-20-10-6-8-15(20)12-18-13-17(21)19-11-14-7-4-5-9-16(14)22-2;3-1(4)2(5)6/h4-5,7,9,15,18H,3,6,8,10-13H2,1-2H3,(H,19,21);(H,3,4)(H,5,6). The summed E-state index contributed by atoms with van der Waals surface area (Å²) in [6.45, 7) is 6.21. The first kappa shape index (κ1) is 23.4. The van der Waals surface area contributed by atoms with E-state index in [0.29, 0.717) is 19.1 Å². The lowest BCUT2D eigenvalue weighted by Gasteiger charge is -2.22. The van der Waals surface area contributed by atoms with Gasteiger partial charge in [0.2, 0.25) is 5.91 Å². The maximum Gasteiger partial charge on any atom is 0.414 e. The van der Waals surface area contributed by atoms with E-state index in [-0.39, 0.29) is 5.91 Å². The molecule has 4 N–H and O–H groups in total.